The molecule has 0 spiro atoms. The fourth-order valence-electron chi connectivity index (χ4n) is 1.02. The molecule has 1 N–H and O–H groups in total. The highest BCUT2D eigenvalue weighted by atomic mass is 19.4. The van der Waals surface area contributed by atoms with Gasteiger partial charge in [0.1, 0.15) is 5.69 Å². The van der Waals surface area contributed by atoms with E-state index in [1.165, 1.54) is 6.08 Å². The maximum Gasteiger partial charge on any atom is 0.433 e. The van der Waals surface area contributed by atoms with Gasteiger partial charge >= 0.3 is 6.18 Å². The van der Waals surface area contributed by atoms with Crippen LogP contribution in [0.4, 0.5) is 18.9 Å². The lowest BCUT2D eigenvalue weighted by Crippen LogP contribution is -2.10. The number of pyridine rings is 1. The molecule has 3 nitrogen and oxygen atoms in total. The van der Waals surface area contributed by atoms with Crippen molar-refractivity contribution in [3.8, 4) is 0 Å². The summed E-state index contributed by atoms with van der Waals surface area (Å²) in [5.41, 5.74) is 2.69. The number of nitrogens with zero attached hydrogens (tertiary/aromatic N) is 1. The first-order chi connectivity index (χ1) is 8.29. The summed E-state index contributed by atoms with van der Waals surface area (Å²) in [4.78, 5) is 14.5. The Morgan fingerprint density at radius 3 is 2.50 bits per heavy atom. The van der Waals surface area contributed by atoms with Crippen LogP contribution in [0.3, 0.4) is 0 Å². The number of alkyl halides is 3. The largest absolute Gasteiger partial charge is 0.433 e. The molecule has 0 fully saturated rings. The zero-order valence-corrected chi connectivity index (χ0v) is 9.80. The van der Waals surface area contributed by atoms with Crippen LogP contribution in [-0.2, 0) is 11.0 Å². The van der Waals surface area contributed by atoms with E-state index in [9.17, 15) is 18.0 Å². The summed E-state index contributed by atoms with van der Waals surface area (Å²) < 4.78 is 36.7. The van der Waals surface area contributed by atoms with Gasteiger partial charge in [0.2, 0.25) is 0 Å². The second kappa shape index (κ2) is 5.51. The van der Waals surface area contributed by atoms with Crippen LogP contribution in [0.2, 0.25) is 0 Å². The first-order valence-corrected chi connectivity index (χ1v) is 5.03. The third-order valence-corrected chi connectivity index (χ3v) is 1.81. The van der Waals surface area contributed by atoms with Crippen molar-refractivity contribution in [1.29, 1.82) is 0 Å². The quantitative estimate of drug-likeness (QED) is 0.652. The fraction of sp³-hybridized carbons (Fsp3) is 0.250. The predicted octanol–water partition coefficient (Wildman–Crippen LogP) is 3.16. The molecule has 0 unspecified atom stereocenters. The molecule has 0 saturated carbocycles. The van der Waals surface area contributed by atoms with E-state index < -0.39 is 17.8 Å². The molecule has 0 atom stereocenters. The van der Waals surface area contributed by atoms with Crippen molar-refractivity contribution in [2.75, 3.05) is 5.32 Å². The minimum Gasteiger partial charge on any atom is -0.321 e. The molecule has 0 bridgehead atoms. The molecule has 1 aromatic rings. The maximum absolute atomic E-state index is 12.2. The van der Waals surface area contributed by atoms with Gasteiger partial charge in [-0.05, 0) is 31.6 Å². The summed E-state index contributed by atoms with van der Waals surface area (Å²) in [7, 11) is 0. The molecule has 1 heterocycles. The van der Waals surface area contributed by atoms with Gasteiger partial charge in [-0.15, -0.1) is 5.73 Å². The SMILES string of the molecule is CC(C)=C=CC(=O)Nc1ccc(C(F)(F)F)nc1. The molecule has 0 saturated heterocycles. The van der Waals surface area contributed by atoms with E-state index in [1.807, 2.05) is 0 Å². The number of carbonyl (C=O) groups is 1. The monoisotopic (exact) mass is 256 g/mol. The average Bonchev–Trinajstić information content (AvgIpc) is 2.26. The first kappa shape index (κ1) is 14.0. The van der Waals surface area contributed by atoms with Gasteiger partial charge in [0.25, 0.3) is 5.91 Å². The second-order valence-corrected chi connectivity index (χ2v) is 3.71. The molecular formula is C12H11F3N2O. The normalized spacial score (nSPS) is 10.5. The number of nitrogens with one attached hydrogen (secondary N) is 1. The van der Waals surface area contributed by atoms with Gasteiger partial charge in [0.15, 0.2) is 0 Å². The molecule has 96 valence electrons. The Bertz CT molecular complexity index is 493. The third-order valence-electron chi connectivity index (χ3n) is 1.81. The molecule has 0 radical (unpaired) electrons. The molecular weight excluding hydrogens is 245 g/mol. The second-order valence-electron chi connectivity index (χ2n) is 3.71. The number of rotatable bonds is 2. The Hall–Kier alpha value is -2.07. The molecule has 18 heavy (non-hydrogen) atoms. The van der Waals surface area contributed by atoms with Crippen molar-refractivity contribution < 1.29 is 18.0 Å². The number of carbonyl (C=O) groups excluding carboxylic acids is 1. The molecule has 1 amide bonds. The highest BCUT2D eigenvalue weighted by Gasteiger charge is 2.31. The zero-order chi connectivity index (χ0) is 13.8. The lowest BCUT2D eigenvalue weighted by Gasteiger charge is -2.06. The van der Waals surface area contributed by atoms with Crippen LogP contribution < -0.4 is 5.32 Å². The summed E-state index contributed by atoms with van der Waals surface area (Å²) in [5, 5.41) is 2.38. The number of amides is 1. The molecule has 1 rings (SSSR count). The van der Waals surface area contributed by atoms with E-state index in [2.05, 4.69) is 16.0 Å². The predicted molar refractivity (Wildman–Crippen MR) is 60.8 cm³/mol. The van der Waals surface area contributed by atoms with Crippen LogP contribution >= 0.6 is 0 Å². The Balaban J connectivity index is 2.76. The van der Waals surface area contributed by atoms with Crippen molar-refractivity contribution in [3.05, 3.63) is 41.4 Å². The summed E-state index contributed by atoms with van der Waals surface area (Å²) in [5.74, 6) is -0.474. The van der Waals surface area contributed by atoms with Crippen LogP contribution in [0, 0.1) is 0 Å². The van der Waals surface area contributed by atoms with Gasteiger partial charge < -0.3 is 5.32 Å². The third kappa shape index (κ3) is 4.43. The van der Waals surface area contributed by atoms with E-state index >= 15 is 0 Å². The summed E-state index contributed by atoms with van der Waals surface area (Å²) in [6, 6.07) is 1.95. The van der Waals surface area contributed by atoms with Crippen molar-refractivity contribution in [3.63, 3.8) is 0 Å². The van der Waals surface area contributed by atoms with Gasteiger partial charge in [-0.3, -0.25) is 4.79 Å². The van der Waals surface area contributed by atoms with Gasteiger partial charge in [0.05, 0.1) is 11.9 Å². The highest BCUT2D eigenvalue weighted by molar-refractivity contribution is 5.99. The van der Waals surface area contributed by atoms with Crippen molar-refractivity contribution >= 4 is 11.6 Å². The Labute approximate surface area is 102 Å². The average molecular weight is 256 g/mol. The Morgan fingerprint density at radius 1 is 1.39 bits per heavy atom. The molecule has 6 heteroatoms. The topological polar surface area (TPSA) is 42.0 Å². The van der Waals surface area contributed by atoms with E-state index in [0.29, 0.717) is 0 Å². The van der Waals surface area contributed by atoms with E-state index in [-0.39, 0.29) is 5.69 Å². The van der Waals surface area contributed by atoms with E-state index in [4.69, 9.17) is 0 Å². The van der Waals surface area contributed by atoms with Crippen molar-refractivity contribution in [2.45, 2.75) is 20.0 Å². The van der Waals surface area contributed by atoms with Gasteiger partial charge in [0, 0.05) is 6.08 Å². The van der Waals surface area contributed by atoms with Crippen molar-refractivity contribution in [2.24, 2.45) is 0 Å². The molecule has 0 aliphatic carbocycles. The van der Waals surface area contributed by atoms with Gasteiger partial charge in [-0.2, -0.15) is 13.2 Å². The first-order valence-electron chi connectivity index (χ1n) is 5.03. The smallest absolute Gasteiger partial charge is 0.321 e. The number of halogens is 3. The van der Waals surface area contributed by atoms with Crippen LogP contribution in [0.1, 0.15) is 19.5 Å². The maximum atomic E-state index is 12.2. The number of hydrogen-bond acceptors (Lipinski definition) is 2. The molecule has 0 aliphatic rings. The van der Waals surface area contributed by atoms with Gasteiger partial charge in [-0.25, -0.2) is 4.98 Å². The lowest BCUT2D eigenvalue weighted by atomic mass is 10.3. The molecule has 0 aromatic carbocycles. The Morgan fingerprint density at radius 2 is 2.06 bits per heavy atom. The van der Waals surface area contributed by atoms with E-state index in [0.717, 1.165) is 23.9 Å². The number of aromatic nitrogens is 1. The fourth-order valence-corrected chi connectivity index (χ4v) is 1.02. The number of hydrogen-bond donors (Lipinski definition) is 1. The Kier molecular flexibility index (Phi) is 4.28. The van der Waals surface area contributed by atoms with Crippen LogP contribution in [-0.4, -0.2) is 10.9 Å². The minimum absolute atomic E-state index is 0.194. The zero-order valence-electron chi connectivity index (χ0n) is 9.80. The standard InChI is InChI=1S/C12H11F3N2O/c1-8(2)3-6-11(18)17-9-4-5-10(16-7-9)12(13,14)15/h4-7H,1-2H3,(H,17,18). The number of anilines is 1. The lowest BCUT2D eigenvalue weighted by molar-refractivity contribution is -0.141. The molecule has 1 aromatic heterocycles. The van der Waals surface area contributed by atoms with Gasteiger partial charge in [-0.1, -0.05) is 0 Å². The van der Waals surface area contributed by atoms with E-state index in [1.54, 1.807) is 13.8 Å². The van der Waals surface area contributed by atoms with Crippen molar-refractivity contribution in [1.82, 2.24) is 4.98 Å². The minimum atomic E-state index is -4.48. The molecule has 0 aliphatic heterocycles. The summed E-state index contributed by atoms with van der Waals surface area (Å²) in [6.45, 7) is 3.53. The van der Waals surface area contributed by atoms with Crippen LogP contribution in [0.25, 0.3) is 0 Å². The highest BCUT2D eigenvalue weighted by Crippen LogP contribution is 2.27. The summed E-state index contributed by atoms with van der Waals surface area (Å²) in [6.07, 6.45) is -2.35. The van der Waals surface area contributed by atoms with Crippen LogP contribution in [0.5, 0.6) is 0 Å². The van der Waals surface area contributed by atoms with Crippen LogP contribution in [0.15, 0.2) is 35.7 Å². The summed E-state index contributed by atoms with van der Waals surface area (Å²) >= 11 is 0.